The molecule has 0 spiro atoms. The summed E-state index contributed by atoms with van der Waals surface area (Å²) in [6.45, 7) is 2.05. The second-order valence-corrected chi connectivity index (χ2v) is 6.93. The molecule has 0 aromatic carbocycles. The van der Waals surface area contributed by atoms with Gasteiger partial charge in [-0.05, 0) is 31.6 Å². The Morgan fingerprint density at radius 3 is 2.96 bits per heavy atom. The first-order chi connectivity index (χ1) is 11.3. The topological polar surface area (TPSA) is 58.2 Å². The van der Waals surface area contributed by atoms with Crippen molar-refractivity contribution in [3.63, 3.8) is 0 Å². The van der Waals surface area contributed by atoms with Crippen LogP contribution in [0.15, 0.2) is 6.33 Å². The van der Waals surface area contributed by atoms with Gasteiger partial charge in [0, 0.05) is 25.2 Å². The molecule has 1 aliphatic carbocycles. The predicted molar refractivity (Wildman–Crippen MR) is 89.3 cm³/mol. The summed E-state index contributed by atoms with van der Waals surface area (Å²) in [6.07, 6.45) is 13.5. The van der Waals surface area contributed by atoms with Gasteiger partial charge in [-0.15, -0.1) is 0 Å². The molecular weight excluding hydrogens is 290 g/mol. The maximum Gasteiger partial charge on any atom is 0.409 e. The van der Waals surface area contributed by atoms with Crippen LogP contribution >= 0.6 is 0 Å². The van der Waals surface area contributed by atoms with Crippen LogP contribution in [-0.4, -0.2) is 40.7 Å². The van der Waals surface area contributed by atoms with Gasteiger partial charge in [-0.1, -0.05) is 32.1 Å². The molecule has 5 nitrogen and oxygen atoms in total. The number of nitrogens with one attached hydrogen (secondary N) is 1. The molecule has 0 saturated heterocycles. The predicted octanol–water partition coefficient (Wildman–Crippen LogP) is 3.70. The molecule has 0 unspecified atom stereocenters. The minimum Gasteiger partial charge on any atom is -0.449 e. The summed E-state index contributed by atoms with van der Waals surface area (Å²) in [4.78, 5) is 21.6. The monoisotopic (exact) mass is 319 g/mol. The van der Waals surface area contributed by atoms with E-state index in [0.29, 0.717) is 13.2 Å². The molecule has 5 heteroatoms. The molecule has 1 aromatic heterocycles. The van der Waals surface area contributed by atoms with Crippen LogP contribution in [-0.2, 0) is 17.6 Å². The van der Waals surface area contributed by atoms with Gasteiger partial charge in [0.25, 0.3) is 0 Å². The van der Waals surface area contributed by atoms with Gasteiger partial charge in [0.2, 0.25) is 0 Å². The van der Waals surface area contributed by atoms with E-state index in [1.165, 1.54) is 44.2 Å². The van der Waals surface area contributed by atoms with E-state index in [2.05, 4.69) is 9.97 Å². The summed E-state index contributed by atoms with van der Waals surface area (Å²) >= 11 is 0. The standard InChI is InChI=1S/C18H29N3O2/c22-18(23-13-5-8-15-6-2-1-3-7-15)21-11-4-9-16-17(10-12-21)20-14-19-16/h14-15H,1-13H2,(H,19,20). The van der Waals surface area contributed by atoms with Crippen LogP contribution in [0.4, 0.5) is 4.79 Å². The van der Waals surface area contributed by atoms with Crippen LogP contribution in [0.25, 0.3) is 0 Å². The number of nitrogens with zero attached hydrogens (tertiary/aromatic N) is 2. The highest BCUT2D eigenvalue weighted by molar-refractivity contribution is 5.67. The average Bonchev–Trinajstić information content (AvgIpc) is 2.99. The summed E-state index contributed by atoms with van der Waals surface area (Å²) in [6, 6.07) is 0. The molecule has 23 heavy (non-hydrogen) atoms. The normalized spacial score (nSPS) is 19.7. The lowest BCUT2D eigenvalue weighted by molar-refractivity contribution is 0.0979. The Hall–Kier alpha value is -1.52. The Morgan fingerprint density at radius 2 is 2.09 bits per heavy atom. The van der Waals surface area contributed by atoms with Crippen LogP contribution in [0.5, 0.6) is 0 Å². The molecule has 1 aliphatic heterocycles. The Kier molecular flexibility index (Phi) is 5.94. The third-order valence-corrected chi connectivity index (χ3v) is 5.25. The number of amides is 1. The summed E-state index contributed by atoms with van der Waals surface area (Å²) in [5.41, 5.74) is 2.32. The van der Waals surface area contributed by atoms with E-state index in [1.54, 1.807) is 6.33 Å². The molecule has 1 saturated carbocycles. The number of imidazole rings is 1. The maximum absolute atomic E-state index is 12.2. The Bertz CT molecular complexity index is 494. The van der Waals surface area contributed by atoms with Gasteiger partial charge in [0.05, 0.1) is 18.6 Å². The van der Waals surface area contributed by atoms with Crippen molar-refractivity contribution in [2.45, 2.75) is 64.2 Å². The Labute approximate surface area is 138 Å². The van der Waals surface area contributed by atoms with E-state index in [0.717, 1.165) is 43.8 Å². The van der Waals surface area contributed by atoms with Crippen LogP contribution in [0, 0.1) is 5.92 Å². The van der Waals surface area contributed by atoms with Crippen molar-refractivity contribution in [2.24, 2.45) is 5.92 Å². The third kappa shape index (κ3) is 4.72. The van der Waals surface area contributed by atoms with Crippen LogP contribution < -0.4 is 0 Å². The van der Waals surface area contributed by atoms with E-state index in [-0.39, 0.29) is 6.09 Å². The lowest BCUT2D eigenvalue weighted by atomic mass is 9.86. The number of aryl methyl sites for hydroxylation is 1. The number of aromatic amines is 1. The molecule has 0 atom stereocenters. The number of fused-ring (bicyclic) bond motifs is 1. The van der Waals surface area contributed by atoms with Gasteiger partial charge in [-0.2, -0.15) is 0 Å². The second-order valence-electron chi connectivity index (χ2n) is 6.93. The number of aromatic nitrogens is 2. The quantitative estimate of drug-likeness (QED) is 0.861. The fraction of sp³-hybridized carbons (Fsp3) is 0.778. The fourth-order valence-corrected chi connectivity index (χ4v) is 3.86. The third-order valence-electron chi connectivity index (χ3n) is 5.25. The number of hydrogen-bond donors (Lipinski definition) is 1. The van der Waals surface area contributed by atoms with Gasteiger partial charge < -0.3 is 14.6 Å². The first-order valence-electron chi connectivity index (χ1n) is 9.26. The molecule has 0 bridgehead atoms. The lowest BCUT2D eigenvalue weighted by Crippen LogP contribution is -2.36. The van der Waals surface area contributed by atoms with E-state index < -0.39 is 0 Å². The van der Waals surface area contributed by atoms with Crippen LogP contribution in [0.3, 0.4) is 0 Å². The highest BCUT2D eigenvalue weighted by Crippen LogP contribution is 2.27. The van der Waals surface area contributed by atoms with Gasteiger partial charge in [0.1, 0.15) is 0 Å². The number of ether oxygens (including phenoxy) is 1. The largest absolute Gasteiger partial charge is 0.449 e. The summed E-state index contributed by atoms with van der Waals surface area (Å²) in [7, 11) is 0. The molecule has 1 amide bonds. The molecule has 128 valence electrons. The van der Waals surface area contributed by atoms with Crippen molar-refractivity contribution in [1.82, 2.24) is 14.9 Å². The average molecular weight is 319 g/mol. The van der Waals surface area contributed by atoms with Crippen molar-refractivity contribution < 1.29 is 9.53 Å². The molecule has 1 fully saturated rings. The second kappa shape index (κ2) is 8.37. The molecule has 3 rings (SSSR count). The lowest BCUT2D eigenvalue weighted by Gasteiger charge is -2.24. The SMILES string of the molecule is O=C(OCCCC1CCCCC1)N1CCCc2[nH]cnc2CC1. The smallest absolute Gasteiger partial charge is 0.409 e. The number of carbonyl (C=O) groups is 1. The first-order valence-corrected chi connectivity index (χ1v) is 9.26. The number of hydrogen-bond acceptors (Lipinski definition) is 3. The highest BCUT2D eigenvalue weighted by atomic mass is 16.6. The number of H-pyrrole nitrogens is 1. The number of carbonyl (C=O) groups excluding carboxylic acids is 1. The molecule has 0 radical (unpaired) electrons. The highest BCUT2D eigenvalue weighted by Gasteiger charge is 2.19. The van der Waals surface area contributed by atoms with Crippen molar-refractivity contribution in [2.75, 3.05) is 19.7 Å². The molecule has 1 N–H and O–H groups in total. The van der Waals surface area contributed by atoms with Crippen molar-refractivity contribution >= 4 is 6.09 Å². The van der Waals surface area contributed by atoms with Gasteiger partial charge in [-0.25, -0.2) is 9.78 Å². The Morgan fingerprint density at radius 1 is 1.22 bits per heavy atom. The van der Waals surface area contributed by atoms with Crippen LogP contribution in [0.2, 0.25) is 0 Å². The van der Waals surface area contributed by atoms with E-state index in [1.807, 2.05) is 4.90 Å². The zero-order chi connectivity index (χ0) is 15.9. The summed E-state index contributed by atoms with van der Waals surface area (Å²) < 4.78 is 5.50. The molecule has 2 heterocycles. The first kappa shape index (κ1) is 16.3. The zero-order valence-corrected chi connectivity index (χ0v) is 14.1. The minimum atomic E-state index is -0.146. The number of rotatable bonds is 4. The van der Waals surface area contributed by atoms with Crippen molar-refractivity contribution in [3.8, 4) is 0 Å². The summed E-state index contributed by atoms with van der Waals surface area (Å²) in [5, 5.41) is 0. The van der Waals surface area contributed by atoms with Crippen molar-refractivity contribution in [3.05, 3.63) is 17.7 Å². The zero-order valence-electron chi connectivity index (χ0n) is 14.1. The van der Waals surface area contributed by atoms with Crippen LogP contribution in [0.1, 0.15) is 62.8 Å². The van der Waals surface area contributed by atoms with Gasteiger partial charge in [-0.3, -0.25) is 0 Å². The fourth-order valence-electron chi connectivity index (χ4n) is 3.86. The van der Waals surface area contributed by atoms with E-state index >= 15 is 0 Å². The van der Waals surface area contributed by atoms with E-state index in [4.69, 9.17) is 4.74 Å². The Balaban J connectivity index is 1.36. The molecule has 2 aliphatic rings. The molecular formula is C18H29N3O2. The van der Waals surface area contributed by atoms with Gasteiger partial charge >= 0.3 is 6.09 Å². The van der Waals surface area contributed by atoms with Crippen molar-refractivity contribution in [1.29, 1.82) is 0 Å². The van der Waals surface area contributed by atoms with E-state index in [9.17, 15) is 4.79 Å². The maximum atomic E-state index is 12.2. The minimum absolute atomic E-state index is 0.146. The van der Waals surface area contributed by atoms with Gasteiger partial charge in [0.15, 0.2) is 0 Å². The molecule has 1 aromatic rings. The summed E-state index contributed by atoms with van der Waals surface area (Å²) in [5.74, 6) is 0.863.